The zero-order valence-corrected chi connectivity index (χ0v) is 13.9. The summed E-state index contributed by atoms with van der Waals surface area (Å²) in [5.41, 5.74) is 2.50. The SMILES string of the molecule is C[C@H]1COc2cc(C(=O)NO)ccc2CN1C(=O)Oc1ccc(F)cc1. The molecule has 2 aromatic rings. The van der Waals surface area contributed by atoms with E-state index in [0.717, 1.165) is 0 Å². The maximum Gasteiger partial charge on any atom is 0.415 e. The van der Waals surface area contributed by atoms with Crippen molar-refractivity contribution in [3.8, 4) is 11.5 Å². The molecule has 1 atom stereocenters. The fourth-order valence-electron chi connectivity index (χ4n) is 2.57. The van der Waals surface area contributed by atoms with Crippen LogP contribution in [-0.4, -0.2) is 34.8 Å². The van der Waals surface area contributed by atoms with Crippen LogP contribution in [-0.2, 0) is 6.54 Å². The van der Waals surface area contributed by atoms with E-state index in [1.54, 1.807) is 18.5 Å². The average molecular weight is 360 g/mol. The molecule has 0 unspecified atom stereocenters. The van der Waals surface area contributed by atoms with E-state index in [1.165, 1.54) is 41.3 Å². The Kier molecular flexibility index (Phi) is 5.04. The molecule has 7 nitrogen and oxygen atoms in total. The molecule has 0 saturated carbocycles. The van der Waals surface area contributed by atoms with Crippen molar-refractivity contribution in [2.45, 2.75) is 19.5 Å². The van der Waals surface area contributed by atoms with Gasteiger partial charge in [-0.1, -0.05) is 6.07 Å². The van der Waals surface area contributed by atoms with Gasteiger partial charge in [0.05, 0.1) is 12.6 Å². The van der Waals surface area contributed by atoms with Gasteiger partial charge in [0.25, 0.3) is 5.91 Å². The second-order valence-electron chi connectivity index (χ2n) is 5.87. The van der Waals surface area contributed by atoms with E-state index in [4.69, 9.17) is 14.7 Å². The van der Waals surface area contributed by atoms with Gasteiger partial charge in [-0.05, 0) is 43.3 Å². The Morgan fingerprint density at radius 3 is 2.69 bits per heavy atom. The third-order valence-electron chi connectivity index (χ3n) is 4.04. The molecule has 0 spiro atoms. The van der Waals surface area contributed by atoms with Crippen LogP contribution in [0.1, 0.15) is 22.8 Å². The molecule has 8 heteroatoms. The van der Waals surface area contributed by atoms with Gasteiger partial charge in [0.15, 0.2) is 0 Å². The van der Waals surface area contributed by atoms with Crippen LogP contribution >= 0.6 is 0 Å². The van der Waals surface area contributed by atoms with Crippen molar-refractivity contribution >= 4 is 12.0 Å². The second-order valence-corrected chi connectivity index (χ2v) is 5.87. The highest BCUT2D eigenvalue weighted by molar-refractivity contribution is 5.93. The predicted octanol–water partition coefficient (Wildman–Crippen LogP) is 2.73. The van der Waals surface area contributed by atoms with Crippen LogP contribution in [0.4, 0.5) is 9.18 Å². The van der Waals surface area contributed by atoms with Gasteiger partial charge in [-0.2, -0.15) is 0 Å². The molecule has 2 aromatic carbocycles. The minimum absolute atomic E-state index is 0.204. The summed E-state index contributed by atoms with van der Waals surface area (Å²) in [4.78, 5) is 25.5. The first-order valence-corrected chi connectivity index (χ1v) is 7.92. The fourth-order valence-corrected chi connectivity index (χ4v) is 2.57. The summed E-state index contributed by atoms with van der Waals surface area (Å²) >= 11 is 0. The van der Waals surface area contributed by atoms with Crippen LogP contribution in [0.25, 0.3) is 0 Å². The third-order valence-corrected chi connectivity index (χ3v) is 4.04. The van der Waals surface area contributed by atoms with Crippen molar-refractivity contribution in [2.24, 2.45) is 0 Å². The largest absolute Gasteiger partial charge is 0.491 e. The normalized spacial score (nSPS) is 16.1. The van der Waals surface area contributed by atoms with Crippen molar-refractivity contribution in [1.82, 2.24) is 10.4 Å². The van der Waals surface area contributed by atoms with Crippen LogP contribution in [0.3, 0.4) is 0 Å². The Hall–Kier alpha value is -3.13. The number of carbonyl (C=O) groups is 2. The number of fused-ring (bicyclic) bond motifs is 1. The topological polar surface area (TPSA) is 88.1 Å². The molecule has 1 aliphatic heterocycles. The fraction of sp³-hybridized carbons (Fsp3) is 0.222. The molecule has 1 aliphatic rings. The zero-order chi connectivity index (χ0) is 18.7. The first-order valence-electron chi connectivity index (χ1n) is 7.92. The lowest BCUT2D eigenvalue weighted by Crippen LogP contribution is -2.41. The maximum atomic E-state index is 13.0. The molecule has 2 amide bonds. The summed E-state index contributed by atoms with van der Waals surface area (Å²) in [5, 5.41) is 8.73. The summed E-state index contributed by atoms with van der Waals surface area (Å²) in [6.45, 7) is 2.23. The van der Waals surface area contributed by atoms with E-state index in [2.05, 4.69) is 0 Å². The lowest BCUT2D eigenvalue weighted by Gasteiger charge is -2.25. The third kappa shape index (κ3) is 3.75. The van der Waals surface area contributed by atoms with Gasteiger partial charge >= 0.3 is 6.09 Å². The molecular formula is C18H17FN2O5. The van der Waals surface area contributed by atoms with Crippen LogP contribution in [0.2, 0.25) is 0 Å². The first-order chi connectivity index (χ1) is 12.5. The molecule has 0 aromatic heterocycles. The molecule has 0 fully saturated rings. The molecule has 0 aliphatic carbocycles. The highest BCUT2D eigenvalue weighted by Gasteiger charge is 2.27. The number of hydroxylamine groups is 1. The molecule has 0 bridgehead atoms. The number of carbonyl (C=O) groups excluding carboxylic acids is 2. The lowest BCUT2D eigenvalue weighted by atomic mass is 10.1. The van der Waals surface area contributed by atoms with Gasteiger partial charge in [0, 0.05) is 11.1 Å². The average Bonchev–Trinajstić information content (AvgIpc) is 2.81. The number of nitrogens with zero attached hydrogens (tertiary/aromatic N) is 1. The first kappa shape index (κ1) is 17.7. The molecular weight excluding hydrogens is 343 g/mol. The smallest absolute Gasteiger partial charge is 0.415 e. The molecule has 0 saturated heterocycles. The van der Waals surface area contributed by atoms with E-state index < -0.39 is 17.8 Å². The van der Waals surface area contributed by atoms with Gasteiger partial charge in [0.2, 0.25) is 0 Å². The van der Waals surface area contributed by atoms with Crippen LogP contribution < -0.4 is 15.0 Å². The number of nitrogens with one attached hydrogen (secondary N) is 1. The van der Waals surface area contributed by atoms with Gasteiger partial charge in [0.1, 0.15) is 23.9 Å². The highest BCUT2D eigenvalue weighted by Crippen LogP contribution is 2.27. The molecule has 1 heterocycles. The number of benzene rings is 2. The minimum Gasteiger partial charge on any atom is -0.491 e. The Balaban J connectivity index is 1.79. The van der Waals surface area contributed by atoms with Crippen molar-refractivity contribution in [1.29, 1.82) is 0 Å². The van der Waals surface area contributed by atoms with Crippen molar-refractivity contribution in [3.05, 3.63) is 59.4 Å². The number of hydrogen-bond acceptors (Lipinski definition) is 5. The number of rotatable bonds is 2. The van der Waals surface area contributed by atoms with E-state index in [0.29, 0.717) is 11.3 Å². The molecule has 136 valence electrons. The summed E-state index contributed by atoms with van der Waals surface area (Å²) in [6, 6.07) is 9.55. The number of ether oxygens (including phenoxy) is 2. The summed E-state index contributed by atoms with van der Waals surface area (Å²) < 4.78 is 23.9. The number of halogens is 1. The van der Waals surface area contributed by atoms with Crippen molar-refractivity contribution in [2.75, 3.05) is 6.61 Å². The minimum atomic E-state index is -0.652. The van der Waals surface area contributed by atoms with E-state index in [-0.39, 0.29) is 30.5 Å². The van der Waals surface area contributed by atoms with Crippen molar-refractivity contribution < 1.29 is 28.7 Å². The summed E-state index contributed by atoms with van der Waals surface area (Å²) in [5.74, 6) is -0.377. The van der Waals surface area contributed by atoms with Gasteiger partial charge in [-0.3, -0.25) is 14.9 Å². The Morgan fingerprint density at radius 1 is 1.27 bits per heavy atom. The van der Waals surface area contributed by atoms with Gasteiger partial charge in [-0.25, -0.2) is 14.7 Å². The zero-order valence-electron chi connectivity index (χ0n) is 13.9. The number of amides is 2. The molecule has 2 N–H and O–H groups in total. The van der Waals surface area contributed by atoms with Gasteiger partial charge < -0.3 is 9.47 Å². The van der Waals surface area contributed by atoms with E-state index >= 15 is 0 Å². The van der Waals surface area contributed by atoms with Gasteiger partial charge in [-0.15, -0.1) is 0 Å². The summed E-state index contributed by atoms with van der Waals surface area (Å²) in [6.07, 6.45) is -0.585. The molecule has 26 heavy (non-hydrogen) atoms. The molecule has 3 rings (SSSR count). The van der Waals surface area contributed by atoms with Crippen LogP contribution in [0, 0.1) is 5.82 Å². The molecule has 0 radical (unpaired) electrons. The van der Waals surface area contributed by atoms with Crippen LogP contribution in [0.5, 0.6) is 11.5 Å². The van der Waals surface area contributed by atoms with Crippen LogP contribution in [0.15, 0.2) is 42.5 Å². The Bertz CT molecular complexity index is 825. The lowest BCUT2D eigenvalue weighted by molar-refractivity contribution is 0.0706. The second kappa shape index (κ2) is 7.40. The Labute approximate surface area is 148 Å². The quantitative estimate of drug-likeness (QED) is 0.635. The Morgan fingerprint density at radius 2 is 2.00 bits per heavy atom. The highest BCUT2D eigenvalue weighted by atomic mass is 19.1. The van der Waals surface area contributed by atoms with E-state index in [1.807, 2.05) is 0 Å². The standard InChI is InChI=1S/C18H17FN2O5/c1-11-10-25-16-8-12(17(22)20-24)2-3-13(16)9-21(11)18(23)26-15-6-4-14(19)5-7-15/h2-8,11,24H,9-10H2,1H3,(H,20,22)/t11-/m0/s1. The summed E-state index contributed by atoms with van der Waals surface area (Å²) in [7, 11) is 0. The predicted molar refractivity (Wildman–Crippen MR) is 88.6 cm³/mol. The monoisotopic (exact) mass is 360 g/mol. The van der Waals surface area contributed by atoms with Crippen molar-refractivity contribution in [3.63, 3.8) is 0 Å². The number of hydrogen-bond donors (Lipinski definition) is 2. The maximum absolute atomic E-state index is 13.0. The van der Waals surface area contributed by atoms with E-state index in [9.17, 15) is 14.0 Å².